The molecule has 0 bridgehead atoms. The van der Waals surface area contributed by atoms with Gasteiger partial charge in [0.25, 0.3) is 11.8 Å². The van der Waals surface area contributed by atoms with Crippen molar-refractivity contribution in [1.29, 1.82) is 0 Å². The van der Waals surface area contributed by atoms with Gasteiger partial charge in [-0.05, 0) is 91.3 Å². The van der Waals surface area contributed by atoms with E-state index in [1.54, 1.807) is 35.2 Å². The lowest BCUT2D eigenvalue weighted by Crippen LogP contribution is -2.49. The van der Waals surface area contributed by atoms with Gasteiger partial charge in [-0.25, -0.2) is 4.98 Å². The lowest BCUT2D eigenvalue weighted by atomic mass is 9.78. The van der Waals surface area contributed by atoms with Crippen LogP contribution >= 0.6 is 38.6 Å². The molecule has 0 N–H and O–H groups in total. The Hall–Kier alpha value is -1.97. The minimum Gasteiger partial charge on any atom is -0.335 e. The molecule has 5 heterocycles. The average molecular weight is 644 g/mol. The Kier molecular flexibility index (Phi) is 9.09. The molecule has 4 unspecified atom stereocenters. The van der Waals surface area contributed by atoms with Crippen molar-refractivity contribution in [2.24, 2.45) is 11.8 Å². The van der Waals surface area contributed by atoms with Gasteiger partial charge in [0.05, 0.1) is 21.2 Å². The first kappa shape index (κ1) is 28.2. The first-order valence-electron chi connectivity index (χ1n) is 15.0. The number of fused-ring (bicyclic) bond motifs is 2. The average Bonchev–Trinajstić information content (AvgIpc) is 3.79. The molecular weight excluding hydrogens is 604 g/mol. The molecule has 6 nitrogen and oxygen atoms in total. The molecule has 4 fully saturated rings. The van der Waals surface area contributed by atoms with Crippen molar-refractivity contribution in [3.05, 3.63) is 56.5 Å². The monoisotopic (exact) mass is 642 g/mol. The van der Waals surface area contributed by atoms with E-state index in [9.17, 15) is 9.59 Å². The zero-order valence-corrected chi connectivity index (χ0v) is 26.3. The van der Waals surface area contributed by atoms with E-state index in [4.69, 9.17) is 0 Å². The van der Waals surface area contributed by atoms with Crippen molar-refractivity contribution in [1.82, 2.24) is 19.4 Å². The summed E-state index contributed by atoms with van der Waals surface area (Å²) in [6.45, 7) is 1.88. The van der Waals surface area contributed by atoms with Crippen LogP contribution in [0.1, 0.15) is 97.8 Å². The molecule has 3 aromatic heterocycles. The third-order valence-electron chi connectivity index (χ3n) is 9.41. The molecule has 2 saturated heterocycles. The smallest absolute Gasteiger partial charge is 0.255 e. The van der Waals surface area contributed by atoms with Gasteiger partial charge in [-0.2, -0.15) is 0 Å². The number of imidazole rings is 1. The number of piperidine rings is 2. The Morgan fingerprint density at radius 3 is 1.85 bits per heavy atom. The van der Waals surface area contributed by atoms with Gasteiger partial charge < -0.3 is 9.80 Å². The van der Waals surface area contributed by atoms with Gasteiger partial charge in [-0.1, -0.05) is 25.7 Å². The number of nitrogens with zero attached hydrogens (tertiary/aromatic N) is 4. The van der Waals surface area contributed by atoms with Gasteiger partial charge in [0.1, 0.15) is 5.00 Å². The maximum atomic E-state index is 12.9. The van der Waals surface area contributed by atoms with Gasteiger partial charge in [-0.15, -0.1) is 22.7 Å². The first-order valence-corrected chi connectivity index (χ1v) is 17.6. The van der Waals surface area contributed by atoms with E-state index < -0.39 is 0 Å². The highest BCUT2D eigenvalue weighted by molar-refractivity contribution is 9.11. The van der Waals surface area contributed by atoms with E-state index in [0.29, 0.717) is 12.1 Å². The number of amides is 2. The topological polar surface area (TPSA) is 58.4 Å². The first-order chi connectivity index (χ1) is 19.6. The van der Waals surface area contributed by atoms with E-state index in [-0.39, 0.29) is 11.8 Å². The van der Waals surface area contributed by atoms with Gasteiger partial charge in [0.2, 0.25) is 0 Å². The molecule has 2 aliphatic heterocycles. The SMILES string of the molecule is O=C(c1csc(-n2ccnc2)c1)N1CCCC2CCCCC21.O=C(c1csc(Br)c1)N1CCCC2CCCCC21. The van der Waals surface area contributed by atoms with Crippen molar-refractivity contribution >= 4 is 50.4 Å². The number of hydrogen-bond donors (Lipinski definition) is 0. The Morgan fingerprint density at radius 1 is 0.750 bits per heavy atom. The molecular formula is C31H39BrN4O2S2. The summed E-state index contributed by atoms with van der Waals surface area (Å²) in [5.74, 6) is 1.96. The van der Waals surface area contributed by atoms with Crippen LogP contribution in [0.2, 0.25) is 0 Å². The fourth-order valence-electron chi connectivity index (χ4n) is 7.47. The zero-order chi connectivity index (χ0) is 27.5. The Labute approximate surface area is 253 Å². The summed E-state index contributed by atoms with van der Waals surface area (Å²) < 4.78 is 3.00. The number of carbonyl (C=O) groups is 2. The molecule has 2 amide bonds. The molecule has 0 radical (unpaired) electrons. The molecule has 3 aromatic rings. The van der Waals surface area contributed by atoms with Crippen LogP contribution in [0.4, 0.5) is 0 Å². The molecule has 2 aliphatic carbocycles. The third-order valence-corrected chi connectivity index (χ3v) is 11.9. The Balaban J connectivity index is 0.000000148. The quantitative estimate of drug-likeness (QED) is 0.290. The van der Waals surface area contributed by atoms with E-state index in [0.717, 1.165) is 51.3 Å². The molecule has 7 rings (SSSR count). The summed E-state index contributed by atoms with van der Waals surface area (Å²) in [4.78, 5) is 33.9. The number of rotatable bonds is 3. The van der Waals surface area contributed by atoms with E-state index in [1.807, 2.05) is 33.7 Å². The van der Waals surface area contributed by atoms with Gasteiger partial charge >= 0.3 is 0 Å². The Morgan fingerprint density at radius 2 is 1.30 bits per heavy atom. The van der Waals surface area contributed by atoms with Crippen molar-refractivity contribution in [2.45, 2.75) is 89.1 Å². The van der Waals surface area contributed by atoms with E-state index in [2.05, 4.69) is 30.7 Å². The predicted octanol–water partition coefficient (Wildman–Crippen LogP) is 8.03. The number of thiophene rings is 2. The lowest BCUT2D eigenvalue weighted by molar-refractivity contribution is 0.0386. The second kappa shape index (κ2) is 12.9. The van der Waals surface area contributed by atoms with Crippen LogP contribution in [-0.4, -0.2) is 56.3 Å². The summed E-state index contributed by atoms with van der Waals surface area (Å²) in [5, 5.41) is 5.02. The van der Waals surface area contributed by atoms with Crippen molar-refractivity contribution in [2.75, 3.05) is 13.1 Å². The van der Waals surface area contributed by atoms with Crippen LogP contribution < -0.4 is 0 Å². The Bertz CT molecular complexity index is 1280. The molecule has 40 heavy (non-hydrogen) atoms. The fraction of sp³-hybridized carbons (Fsp3) is 0.581. The third kappa shape index (κ3) is 6.12. The number of hydrogen-bond acceptors (Lipinski definition) is 5. The molecule has 0 aromatic carbocycles. The summed E-state index contributed by atoms with van der Waals surface area (Å²) >= 11 is 6.64. The largest absolute Gasteiger partial charge is 0.335 e. The molecule has 2 saturated carbocycles. The second-order valence-corrected chi connectivity index (χ2v) is 15.0. The highest BCUT2D eigenvalue weighted by atomic mass is 79.9. The van der Waals surface area contributed by atoms with Crippen LogP contribution in [0.3, 0.4) is 0 Å². The number of halogens is 1. The highest BCUT2D eigenvalue weighted by Gasteiger charge is 2.37. The van der Waals surface area contributed by atoms with Crippen LogP contribution in [0.25, 0.3) is 5.00 Å². The fourth-order valence-corrected chi connectivity index (χ4v) is 9.44. The number of aromatic nitrogens is 2. The van der Waals surface area contributed by atoms with E-state index in [1.165, 1.54) is 70.6 Å². The normalized spacial score (nSPS) is 26.3. The predicted molar refractivity (Wildman–Crippen MR) is 165 cm³/mol. The standard InChI is InChI=1S/C17H21N3OS.C14H18BrNOS/c21-17(14-10-16(22-11-14)19-9-7-18-12-19)20-8-3-5-13-4-1-2-6-15(13)20;15-13-8-11(9-18-13)14(17)16-7-3-5-10-4-1-2-6-12(10)16/h7,9-13,15H,1-6,8H2;8-10,12H,1-7H2. The van der Waals surface area contributed by atoms with E-state index >= 15 is 0 Å². The van der Waals surface area contributed by atoms with Gasteiger partial charge in [0.15, 0.2) is 0 Å². The maximum Gasteiger partial charge on any atom is 0.255 e. The summed E-state index contributed by atoms with van der Waals surface area (Å²) in [6.07, 6.45) is 20.7. The van der Waals surface area contributed by atoms with Crippen molar-refractivity contribution in [3.63, 3.8) is 0 Å². The number of likely N-dealkylation sites (tertiary alicyclic amines) is 2. The van der Waals surface area contributed by atoms with Crippen LogP contribution in [0, 0.1) is 11.8 Å². The molecule has 4 aliphatic rings. The molecule has 214 valence electrons. The minimum absolute atomic E-state index is 0.221. The van der Waals surface area contributed by atoms with Crippen molar-refractivity contribution in [3.8, 4) is 5.00 Å². The van der Waals surface area contributed by atoms with Crippen LogP contribution in [-0.2, 0) is 0 Å². The van der Waals surface area contributed by atoms with Crippen molar-refractivity contribution < 1.29 is 9.59 Å². The zero-order valence-electron chi connectivity index (χ0n) is 23.1. The minimum atomic E-state index is 0.221. The summed E-state index contributed by atoms with van der Waals surface area (Å²) in [6, 6.07) is 4.95. The van der Waals surface area contributed by atoms with Gasteiger partial charge in [0, 0.05) is 48.3 Å². The highest BCUT2D eigenvalue weighted by Crippen LogP contribution is 2.37. The number of carbonyl (C=O) groups excluding carboxylic acids is 2. The summed E-state index contributed by atoms with van der Waals surface area (Å²) in [5.41, 5.74) is 1.69. The van der Waals surface area contributed by atoms with Crippen LogP contribution in [0.5, 0.6) is 0 Å². The van der Waals surface area contributed by atoms with Gasteiger partial charge in [-0.3, -0.25) is 14.2 Å². The molecule has 0 spiro atoms. The van der Waals surface area contributed by atoms with Crippen LogP contribution in [0.15, 0.2) is 45.4 Å². The summed E-state index contributed by atoms with van der Waals surface area (Å²) in [7, 11) is 0. The maximum absolute atomic E-state index is 12.9. The lowest BCUT2D eigenvalue weighted by Gasteiger charge is -2.44. The molecule has 9 heteroatoms. The molecule has 4 atom stereocenters. The second-order valence-electron chi connectivity index (χ2n) is 11.8.